The molecule has 0 aliphatic rings. The largest absolute Gasteiger partial charge is 0.857 e. The number of rotatable bonds is 2. The molecule has 0 amide bonds. The standard InChI is InChI=1S/C12H8N2OS2/c15-12-11(9-2-4-17-7-9)10(5-13-14-12)8-1-3-16-6-8/h1-7H,(H,14,15)/p-1. The topological polar surface area (TPSA) is 48.8 Å². The van der Waals surface area contributed by atoms with E-state index in [1.807, 2.05) is 33.7 Å². The Morgan fingerprint density at radius 2 is 1.71 bits per heavy atom. The molecule has 0 aromatic carbocycles. The number of hydrogen-bond donors (Lipinski definition) is 0. The molecule has 0 fully saturated rings. The second-order valence-corrected chi connectivity index (χ2v) is 5.02. The normalized spacial score (nSPS) is 10.6. The number of aromatic nitrogens is 2. The highest BCUT2D eigenvalue weighted by atomic mass is 32.1. The molecule has 0 bridgehead atoms. The molecular formula is C12H7N2OS2-. The monoisotopic (exact) mass is 259 g/mol. The van der Waals surface area contributed by atoms with Crippen molar-refractivity contribution >= 4 is 22.7 Å². The zero-order valence-corrected chi connectivity index (χ0v) is 10.3. The van der Waals surface area contributed by atoms with Crippen LogP contribution >= 0.6 is 22.7 Å². The second kappa shape index (κ2) is 4.27. The molecule has 0 aliphatic heterocycles. The molecule has 0 spiro atoms. The molecule has 3 aromatic heterocycles. The van der Waals surface area contributed by atoms with Gasteiger partial charge in [-0.3, -0.25) is 0 Å². The molecule has 3 rings (SSSR count). The van der Waals surface area contributed by atoms with Crippen LogP contribution in [0.15, 0.2) is 39.8 Å². The van der Waals surface area contributed by atoms with Gasteiger partial charge in [0.25, 0.3) is 0 Å². The summed E-state index contributed by atoms with van der Waals surface area (Å²) in [5, 5.41) is 27.1. The Morgan fingerprint density at radius 3 is 2.35 bits per heavy atom. The van der Waals surface area contributed by atoms with Gasteiger partial charge in [0.15, 0.2) is 0 Å². The first kappa shape index (κ1) is 10.4. The van der Waals surface area contributed by atoms with Crippen LogP contribution in [0, 0.1) is 0 Å². The van der Waals surface area contributed by atoms with E-state index in [0.717, 1.165) is 16.7 Å². The molecule has 17 heavy (non-hydrogen) atoms. The fourth-order valence-corrected chi connectivity index (χ4v) is 2.99. The van der Waals surface area contributed by atoms with Crippen molar-refractivity contribution in [2.75, 3.05) is 0 Å². The Balaban J connectivity index is 2.26. The smallest absolute Gasteiger partial charge is 0.0580 e. The van der Waals surface area contributed by atoms with Gasteiger partial charge in [0, 0.05) is 17.0 Å². The molecule has 3 heterocycles. The number of hydrogen-bond acceptors (Lipinski definition) is 5. The third-order valence-electron chi connectivity index (χ3n) is 2.46. The van der Waals surface area contributed by atoms with Crippen molar-refractivity contribution < 1.29 is 5.11 Å². The summed E-state index contributed by atoms with van der Waals surface area (Å²) in [6, 6.07) is 3.91. The molecule has 0 saturated heterocycles. The second-order valence-electron chi connectivity index (χ2n) is 3.46. The Labute approximate surface area is 106 Å². The molecule has 0 radical (unpaired) electrons. The summed E-state index contributed by atoms with van der Waals surface area (Å²) in [6.45, 7) is 0. The maximum Gasteiger partial charge on any atom is 0.0580 e. The van der Waals surface area contributed by atoms with Crippen LogP contribution in [0.4, 0.5) is 0 Å². The Morgan fingerprint density at radius 1 is 1.00 bits per heavy atom. The van der Waals surface area contributed by atoms with Crippen LogP contribution < -0.4 is 5.11 Å². The molecule has 3 aromatic rings. The van der Waals surface area contributed by atoms with Crippen molar-refractivity contribution in [1.29, 1.82) is 0 Å². The molecule has 0 aliphatic carbocycles. The molecule has 0 saturated carbocycles. The van der Waals surface area contributed by atoms with Crippen molar-refractivity contribution in [3.63, 3.8) is 0 Å². The van der Waals surface area contributed by atoms with Gasteiger partial charge in [-0.15, -0.1) is 0 Å². The van der Waals surface area contributed by atoms with Gasteiger partial charge in [-0.2, -0.15) is 32.9 Å². The van der Waals surface area contributed by atoms with Crippen molar-refractivity contribution in [3.8, 4) is 28.1 Å². The molecule has 84 valence electrons. The minimum Gasteiger partial charge on any atom is -0.857 e. The zero-order chi connectivity index (χ0) is 11.7. The summed E-state index contributed by atoms with van der Waals surface area (Å²) in [7, 11) is 0. The SMILES string of the molecule is [O-]c1nncc(-c2ccsc2)c1-c1ccsc1. The Hall–Kier alpha value is -1.72. The van der Waals surface area contributed by atoms with Gasteiger partial charge in [-0.1, -0.05) is 0 Å². The molecule has 0 unspecified atom stereocenters. The minimum atomic E-state index is -0.271. The lowest BCUT2D eigenvalue weighted by Crippen LogP contribution is -2.00. The maximum absolute atomic E-state index is 11.9. The quantitative estimate of drug-likeness (QED) is 0.710. The van der Waals surface area contributed by atoms with E-state index in [2.05, 4.69) is 10.2 Å². The van der Waals surface area contributed by atoms with Crippen molar-refractivity contribution in [2.24, 2.45) is 0 Å². The van der Waals surface area contributed by atoms with Crippen LogP contribution in [0.2, 0.25) is 0 Å². The number of thiophene rings is 2. The van der Waals surface area contributed by atoms with Crippen LogP contribution in [-0.2, 0) is 0 Å². The van der Waals surface area contributed by atoms with Crippen molar-refractivity contribution in [2.45, 2.75) is 0 Å². The van der Waals surface area contributed by atoms with Gasteiger partial charge in [0.1, 0.15) is 0 Å². The van der Waals surface area contributed by atoms with Gasteiger partial charge < -0.3 is 5.11 Å². The predicted molar refractivity (Wildman–Crippen MR) is 68.1 cm³/mol. The van der Waals surface area contributed by atoms with Gasteiger partial charge in [-0.25, -0.2) is 0 Å². The lowest BCUT2D eigenvalue weighted by molar-refractivity contribution is -0.274. The van der Waals surface area contributed by atoms with Crippen LogP contribution in [0.25, 0.3) is 22.3 Å². The summed E-state index contributed by atoms with van der Waals surface area (Å²) in [4.78, 5) is 0. The predicted octanol–water partition coefficient (Wildman–Crippen LogP) is 3.01. The fraction of sp³-hybridized carbons (Fsp3) is 0. The van der Waals surface area contributed by atoms with E-state index < -0.39 is 0 Å². The summed E-state index contributed by atoms with van der Waals surface area (Å²) >= 11 is 3.16. The van der Waals surface area contributed by atoms with Crippen LogP contribution in [0.3, 0.4) is 0 Å². The highest BCUT2D eigenvalue weighted by Gasteiger charge is 2.10. The fourth-order valence-electron chi connectivity index (χ4n) is 1.69. The van der Waals surface area contributed by atoms with E-state index >= 15 is 0 Å². The third kappa shape index (κ3) is 1.83. The summed E-state index contributed by atoms with van der Waals surface area (Å²) < 4.78 is 0. The van der Waals surface area contributed by atoms with E-state index in [-0.39, 0.29) is 5.88 Å². The molecule has 5 heteroatoms. The molecule has 3 nitrogen and oxygen atoms in total. The van der Waals surface area contributed by atoms with Crippen molar-refractivity contribution in [3.05, 3.63) is 39.8 Å². The first-order valence-electron chi connectivity index (χ1n) is 4.94. The zero-order valence-electron chi connectivity index (χ0n) is 8.66. The van der Waals surface area contributed by atoms with E-state index in [4.69, 9.17) is 0 Å². The van der Waals surface area contributed by atoms with Crippen LogP contribution in [0.5, 0.6) is 5.88 Å². The minimum absolute atomic E-state index is 0.271. The average molecular weight is 259 g/mol. The first-order chi connectivity index (χ1) is 8.36. The third-order valence-corrected chi connectivity index (χ3v) is 3.83. The van der Waals surface area contributed by atoms with Gasteiger partial charge in [-0.05, 0) is 44.8 Å². The van der Waals surface area contributed by atoms with Crippen LogP contribution in [-0.4, -0.2) is 10.2 Å². The molecular weight excluding hydrogens is 252 g/mol. The Bertz CT molecular complexity index is 618. The van der Waals surface area contributed by atoms with Gasteiger partial charge in [0.2, 0.25) is 0 Å². The summed E-state index contributed by atoms with van der Waals surface area (Å²) in [5.74, 6) is -0.271. The molecule has 0 atom stereocenters. The van der Waals surface area contributed by atoms with E-state index in [9.17, 15) is 5.11 Å². The summed E-state index contributed by atoms with van der Waals surface area (Å²) in [6.07, 6.45) is 1.65. The van der Waals surface area contributed by atoms with Crippen LogP contribution in [0.1, 0.15) is 0 Å². The lowest BCUT2D eigenvalue weighted by Gasteiger charge is -2.13. The Kier molecular flexibility index (Phi) is 2.62. The highest BCUT2D eigenvalue weighted by molar-refractivity contribution is 7.08. The van der Waals surface area contributed by atoms with Gasteiger partial charge >= 0.3 is 0 Å². The lowest BCUT2D eigenvalue weighted by atomic mass is 10.0. The molecule has 0 N–H and O–H groups in total. The van der Waals surface area contributed by atoms with E-state index in [1.54, 1.807) is 28.9 Å². The van der Waals surface area contributed by atoms with Crippen molar-refractivity contribution in [1.82, 2.24) is 10.2 Å². The summed E-state index contributed by atoms with van der Waals surface area (Å²) in [5.41, 5.74) is 3.42. The van der Waals surface area contributed by atoms with E-state index in [0.29, 0.717) is 5.56 Å². The first-order valence-corrected chi connectivity index (χ1v) is 6.82. The average Bonchev–Trinajstić information content (AvgIpc) is 3.02. The number of nitrogens with zero attached hydrogens (tertiary/aromatic N) is 2. The van der Waals surface area contributed by atoms with E-state index in [1.165, 1.54) is 0 Å². The van der Waals surface area contributed by atoms with Gasteiger partial charge in [0.05, 0.1) is 6.20 Å². The maximum atomic E-state index is 11.9. The highest BCUT2D eigenvalue weighted by Crippen LogP contribution is 2.36.